The van der Waals surface area contributed by atoms with Gasteiger partial charge in [-0.2, -0.15) is 5.10 Å². The summed E-state index contributed by atoms with van der Waals surface area (Å²) in [4.78, 5) is 0. The van der Waals surface area contributed by atoms with Gasteiger partial charge in [-0.1, -0.05) is 0 Å². The molecule has 1 aliphatic rings. The van der Waals surface area contributed by atoms with E-state index in [9.17, 15) is 0 Å². The standard InChI is InChI=1S/C5H10N2O/c8-4-5-2-1-3-6-7-5/h3,5,7-8H,1-2,4H2/t5-/m0/s1. The predicted molar refractivity (Wildman–Crippen MR) is 31.7 cm³/mol. The highest BCUT2D eigenvalue weighted by molar-refractivity contribution is 5.57. The van der Waals surface area contributed by atoms with Gasteiger partial charge >= 0.3 is 0 Å². The third kappa shape index (κ3) is 1.20. The van der Waals surface area contributed by atoms with Crippen LogP contribution in [0.25, 0.3) is 0 Å². The normalized spacial score (nSPS) is 27.4. The molecule has 0 saturated carbocycles. The van der Waals surface area contributed by atoms with E-state index in [1.165, 1.54) is 0 Å². The van der Waals surface area contributed by atoms with E-state index in [2.05, 4.69) is 10.5 Å². The van der Waals surface area contributed by atoms with E-state index in [0.29, 0.717) is 0 Å². The van der Waals surface area contributed by atoms with Gasteiger partial charge in [-0.05, 0) is 12.8 Å². The Bertz CT molecular complexity index is 92.4. The molecule has 0 bridgehead atoms. The fourth-order valence-corrected chi connectivity index (χ4v) is 0.695. The summed E-state index contributed by atoms with van der Waals surface area (Å²) in [5.74, 6) is 0. The number of hydrazone groups is 1. The molecule has 0 aromatic heterocycles. The predicted octanol–water partition coefficient (Wildman–Crippen LogP) is -0.284. The SMILES string of the molecule is OC[C@@H]1CCC=NN1. The number of aliphatic hydroxyl groups is 1. The van der Waals surface area contributed by atoms with Crippen molar-refractivity contribution >= 4 is 6.21 Å². The van der Waals surface area contributed by atoms with E-state index in [1.807, 2.05) is 6.21 Å². The fourth-order valence-electron chi connectivity index (χ4n) is 0.695. The molecule has 0 saturated heterocycles. The molecule has 0 amide bonds. The molecule has 0 fully saturated rings. The second kappa shape index (κ2) is 2.67. The molecule has 0 aromatic rings. The minimum atomic E-state index is 0.192. The number of hydrogen-bond acceptors (Lipinski definition) is 3. The molecule has 3 heteroatoms. The molecule has 2 N–H and O–H groups in total. The molecule has 3 nitrogen and oxygen atoms in total. The summed E-state index contributed by atoms with van der Waals surface area (Å²) in [7, 11) is 0. The van der Waals surface area contributed by atoms with Gasteiger partial charge in [0.15, 0.2) is 0 Å². The molecule has 1 heterocycles. The Morgan fingerprint density at radius 1 is 1.88 bits per heavy atom. The first-order valence-electron chi connectivity index (χ1n) is 2.81. The number of nitrogens with zero attached hydrogens (tertiary/aromatic N) is 1. The summed E-state index contributed by atoms with van der Waals surface area (Å²) >= 11 is 0. The molecule has 8 heavy (non-hydrogen) atoms. The lowest BCUT2D eigenvalue weighted by Crippen LogP contribution is -2.30. The number of nitrogens with one attached hydrogen (secondary N) is 1. The minimum absolute atomic E-state index is 0.192. The summed E-state index contributed by atoms with van der Waals surface area (Å²) in [6, 6.07) is 0.194. The molecule has 0 spiro atoms. The maximum absolute atomic E-state index is 8.55. The molecule has 0 unspecified atom stereocenters. The van der Waals surface area contributed by atoms with E-state index < -0.39 is 0 Å². The Hall–Kier alpha value is -0.570. The van der Waals surface area contributed by atoms with Gasteiger partial charge in [-0.3, -0.25) is 0 Å². The first-order chi connectivity index (χ1) is 3.93. The average molecular weight is 114 g/mol. The van der Waals surface area contributed by atoms with E-state index in [1.54, 1.807) is 0 Å². The smallest absolute Gasteiger partial charge is 0.0674 e. The molecule has 1 rings (SSSR count). The van der Waals surface area contributed by atoms with Gasteiger partial charge in [0.2, 0.25) is 0 Å². The van der Waals surface area contributed by atoms with Crippen LogP contribution in [-0.2, 0) is 0 Å². The molecule has 1 aliphatic heterocycles. The third-order valence-electron chi connectivity index (χ3n) is 1.21. The number of hydrogen-bond donors (Lipinski definition) is 2. The van der Waals surface area contributed by atoms with Crippen molar-refractivity contribution in [3.8, 4) is 0 Å². The zero-order chi connectivity index (χ0) is 5.82. The zero-order valence-corrected chi connectivity index (χ0v) is 4.67. The lowest BCUT2D eigenvalue weighted by atomic mass is 10.2. The van der Waals surface area contributed by atoms with Crippen LogP contribution >= 0.6 is 0 Å². The Morgan fingerprint density at radius 3 is 3.12 bits per heavy atom. The van der Waals surface area contributed by atoms with E-state index in [0.717, 1.165) is 12.8 Å². The van der Waals surface area contributed by atoms with Crippen LogP contribution < -0.4 is 5.43 Å². The average Bonchev–Trinajstić information content (AvgIpc) is 1.90. The zero-order valence-electron chi connectivity index (χ0n) is 4.67. The van der Waals surface area contributed by atoms with Crippen molar-refractivity contribution in [2.75, 3.05) is 6.61 Å². The van der Waals surface area contributed by atoms with Gasteiger partial charge in [-0.15, -0.1) is 0 Å². The molecule has 0 aromatic carbocycles. The lowest BCUT2D eigenvalue weighted by Gasteiger charge is -2.15. The highest BCUT2D eigenvalue weighted by Gasteiger charge is 2.05. The van der Waals surface area contributed by atoms with Gasteiger partial charge < -0.3 is 10.5 Å². The maximum atomic E-state index is 8.55. The molecule has 0 aliphatic carbocycles. The van der Waals surface area contributed by atoms with Crippen molar-refractivity contribution in [2.24, 2.45) is 5.10 Å². The van der Waals surface area contributed by atoms with Crippen molar-refractivity contribution in [3.05, 3.63) is 0 Å². The van der Waals surface area contributed by atoms with Crippen LogP contribution in [0.3, 0.4) is 0 Å². The van der Waals surface area contributed by atoms with Crippen molar-refractivity contribution in [1.29, 1.82) is 0 Å². The van der Waals surface area contributed by atoms with E-state index >= 15 is 0 Å². The molecule has 1 atom stereocenters. The van der Waals surface area contributed by atoms with Crippen LogP contribution in [-0.4, -0.2) is 24.0 Å². The first-order valence-corrected chi connectivity index (χ1v) is 2.81. The van der Waals surface area contributed by atoms with Crippen LogP contribution in [0.2, 0.25) is 0 Å². The van der Waals surface area contributed by atoms with E-state index in [4.69, 9.17) is 5.11 Å². The van der Waals surface area contributed by atoms with Crippen LogP contribution in [0.1, 0.15) is 12.8 Å². The molecule has 0 radical (unpaired) electrons. The van der Waals surface area contributed by atoms with Crippen molar-refractivity contribution in [1.82, 2.24) is 5.43 Å². The maximum Gasteiger partial charge on any atom is 0.0674 e. The van der Waals surface area contributed by atoms with Gasteiger partial charge in [0.25, 0.3) is 0 Å². The summed E-state index contributed by atoms with van der Waals surface area (Å²) in [5, 5.41) is 12.3. The summed E-state index contributed by atoms with van der Waals surface area (Å²) in [5.41, 5.74) is 2.79. The number of rotatable bonds is 1. The van der Waals surface area contributed by atoms with Crippen molar-refractivity contribution in [3.63, 3.8) is 0 Å². The van der Waals surface area contributed by atoms with Gasteiger partial charge in [-0.25, -0.2) is 0 Å². The summed E-state index contributed by atoms with van der Waals surface area (Å²) < 4.78 is 0. The van der Waals surface area contributed by atoms with Crippen LogP contribution in [0.15, 0.2) is 5.10 Å². The topological polar surface area (TPSA) is 44.6 Å². The number of aliphatic hydroxyl groups excluding tert-OH is 1. The minimum Gasteiger partial charge on any atom is -0.394 e. The highest BCUT2D eigenvalue weighted by Crippen LogP contribution is 1.97. The van der Waals surface area contributed by atoms with E-state index in [-0.39, 0.29) is 12.6 Å². The molecule has 46 valence electrons. The first kappa shape index (κ1) is 5.56. The monoisotopic (exact) mass is 114 g/mol. The molecular formula is C5H10N2O. The molecular weight excluding hydrogens is 104 g/mol. The van der Waals surface area contributed by atoms with Crippen molar-refractivity contribution < 1.29 is 5.11 Å². The second-order valence-corrected chi connectivity index (χ2v) is 1.90. The Kier molecular flexibility index (Phi) is 1.86. The highest BCUT2D eigenvalue weighted by atomic mass is 16.3. The third-order valence-corrected chi connectivity index (χ3v) is 1.21. The van der Waals surface area contributed by atoms with Crippen molar-refractivity contribution in [2.45, 2.75) is 18.9 Å². The Morgan fingerprint density at radius 2 is 2.75 bits per heavy atom. The van der Waals surface area contributed by atoms with Gasteiger partial charge in [0.1, 0.15) is 0 Å². The van der Waals surface area contributed by atoms with Crippen LogP contribution in [0.4, 0.5) is 0 Å². The Labute approximate surface area is 48.4 Å². The van der Waals surface area contributed by atoms with Gasteiger partial charge in [0, 0.05) is 6.21 Å². The quantitative estimate of drug-likeness (QED) is 0.492. The lowest BCUT2D eigenvalue weighted by molar-refractivity contribution is 0.236. The van der Waals surface area contributed by atoms with Crippen LogP contribution in [0, 0.1) is 0 Å². The summed E-state index contributed by atoms with van der Waals surface area (Å²) in [6.07, 6.45) is 3.81. The van der Waals surface area contributed by atoms with Crippen LogP contribution in [0.5, 0.6) is 0 Å². The largest absolute Gasteiger partial charge is 0.394 e. The van der Waals surface area contributed by atoms with Gasteiger partial charge in [0.05, 0.1) is 12.6 Å². The summed E-state index contributed by atoms with van der Waals surface area (Å²) in [6.45, 7) is 0.192. The fraction of sp³-hybridized carbons (Fsp3) is 0.800. The Balaban J connectivity index is 2.27. The second-order valence-electron chi connectivity index (χ2n) is 1.90.